The Hall–Kier alpha value is -5.49. The molecule has 6 nitrogen and oxygen atoms in total. The molecule has 0 spiro atoms. The van der Waals surface area contributed by atoms with Crippen molar-refractivity contribution in [2.24, 2.45) is 11.8 Å². The van der Waals surface area contributed by atoms with E-state index >= 15 is 0 Å². The molecule has 8 rings (SSSR count). The number of hydrogen-bond donors (Lipinski definition) is 0. The Kier molecular flexibility index (Phi) is 6.15. The third-order valence-corrected chi connectivity index (χ3v) is 9.15. The van der Waals surface area contributed by atoms with Gasteiger partial charge in [0.25, 0.3) is 0 Å². The summed E-state index contributed by atoms with van der Waals surface area (Å²) in [6, 6.07) is 38.9. The summed E-state index contributed by atoms with van der Waals surface area (Å²) in [6.45, 7) is 0. The van der Waals surface area contributed by atoms with E-state index in [1.807, 2.05) is 139 Å². The van der Waals surface area contributed by atoms with Crippen LogP contribution in [0.25, 0.3) is 16.8 Å². The summed E-state index contributed by atoms with van der Waals surface area (Å²) >= 11 is 0. The Morgan fingerprint density at radius 3 is 2.02 bits per heavy atom. The lowest BCUT2D eigenvalue weighted by molar-refractivity contribution is -0.155. The number of hydrogen-bond acceptors (Lipinski definition) is 5. The third-order valence-electron chi connectivity index (χ3n) is 9.15. The van der Waals surface area contributed by atoms with Crippen LogP contribution in [0.3, 0.4) is 0 Å². The van der Waals surface area contributed by atoms with Crippen LogP contribution in [0.4, 0.5) is 5.69 Å². The van der Waals surface area contributed by atoms with Crippen LogP contribution in [0.5, 0.6) is 0 Å². The Balaban J connectivity index is 1.24. The zero-order valence-electron chi connectivity index (χ0n) is 23.7. The molecule has 2 saturated heterocycles. The van der Waals surface area contributed by atoms with Crippen LogP contribution >= 0.6 is 0 Å². The fourth-order valence-electron chi connectivity index (χ4n) is 7.24. The number of carbonyl (C=O) groups is 3. The fourth-order valence-corrected chi connectivity index (χ4v) is 7.24. The number of nitrogens with zero attached hydrogens (tertiary/aromatic N) is 2. The van der Waals surface area contributed by atoms with Crippen molar-refractivity contribution in [2.45, 2.75) is 18.2 Å². The minimum Gasteiger partial charge on any atom is -0.451 e. The summed E-state index contributed by atoms with van der Waals surface area (Å²) in [6.07, 6.45) is 3.11. The van der Waals surface area contributed by atoms with Crippen molar-refractivity contribution in [3.05, 3.63) is 156 Å². The van der Waals surface area contributed by atoms with Gasteiger partial charge in [-0.2, -0.15) is 0 Å². The van der Waals surface area contributed by atoms with E-state index in [9.17, 15) is 14.4 Å². The first kappa shape index (κ1) is 26.2. The number of anilines is 1. The smallest absolute Gasteiger partial charge is 0.330 e. The highest BCUT2D eigenvalue weighted by molar-refractivity contribution is 6.26. The first-order valence-corrected chi connectivity index (χ1v) is 14.8. The molecule has 0 radical (unpaired) electrons. The van der Waals surface area contributed by atoms with Crippen LogP contribution in [0.15, 0.2) is 134 Å². The third kappa shape index (κ3) is 3.98. The minimum atomic E-state index is -0.985. The van der Waals surface area contributed by atoms with E-state index in [0.29, 0.717) is 5.69 Å². The molecule has 3 aliphatic heterocycles. The van der Waals surface area contributed by atoms with Crippen molar-refractivity contribution in [1.82, 2.24) is 4.90 Å². The molecule has 6 heteroatoms. The summed E-state index contributed by atoms with van der Waals surface area (Å²) in [5.41, 5.74) is 4.07. The van der Waals surface area contributed by atoms with E-state index in [1.54, 1.807) is 6.07 Å². The van der Waals surface area contributed by atoms with Crippen LogP contribution in [0.2, 0.25) is 0 Å². The summed E-state index contributed by atoms with van der Waals surface area (Å²) in [5, 5.41) is 1.74. The lowest BCUT2D eigenvalue weighted by atomic mass is 9.84. The molecule has 2 amide bonds. The molecule has 0 aromatic heterocycles. The van der Waals surface area contributed by atoms with Crippen molar-refractivity contribution in [2.75, 3.05) is 4.90 Å². The van der Waals surface area contributed by atoms with Gasteiger partial charge in [0, 0.05) is 11.6 Å². The molecule has 3 aliphatic rings. The Morgan fingerprint density at radius 1 is 0.659 bits per heavy atom. The molecule has 2 fully saturated rings. The maximum absolute atomic E-state index is 14.5. The number of rotatable bonds is 5. The van der Waals surface area contributed by atoms with E-state index in [-0.39, 0.29) is 11.8 Å². The van der Waals surface area contributed by atoms with E-state index in [0.717, 1.165) is 33.0 Å². The van der Waals surface area contributed by atoms with Crippen molar-refractivity contribution >= 4 is 40.3 Å². The highest BCUT2D eigenvalue weighted by Gasteiger charge is 2.65. The van der Waals surface area contributed by atoms with Gasteiger partial charge in [0.2, 0.25) is 11.8 Å². The van der Waals surface area contributed by atoms with Crippen LogP contribution in [0, 0.1) is 11.8 Å². The molecule has 44 heavy (non-hydrogen) atoms. The molecular weight excluding hydrogens is 548 g/mol. The quantitative estimate of drug-likeness (QED) is 0.172. The van der Waals surface area contributed by atoms with Gasteiger partial charge in [-0.1, -0.05) is 121 Å². The van der Waals surface area contributed by atoms with Crippen molar-refractivity contribution < 1.29 is 19.1 Å². The molecule has 0 unspecified atom stereocenters. The van der Waals surface area contributed by atoms with Gasteiger partial charge >= 0.3 is 5.97 Å². The summed E-state index contributed by atoms with van der Waals surface area (Å²) in [7, 11) is 0. The second-order valence-electron chi connectivity index (χ2n) is 11.5. The number of benzene rings is 5. The predicted molar refractivity (Wildman–Crippen MR) is 168 cm³/mol. The van der Waals surface area contributed by atoms with Gasteiger partial charge in [-0.05, 0) is 39.8 Å². The molecule has 5 aromatic rings. The molecule has 3 heterocycles. The maximum Gasteiger partial charge on any atom is 0.330 e. The molecule has 5 aromatic carbocycles. The second-order valence-corrected chi connectivity index (χ2v) is 11.5. The van der Waals surface area contributed by atoms with Crippen LogP contribution < -0.4 is 4.90 Å². The van der Waals surface area contributed by atoms with E-state index in [4.69, 9.17) is 4.74 Å². The number of esters is 1. The summed E-state index contributed by atoms with van der Waals surface area (Å²) in [5.74, 6) is -2.88. The van der Waals surface area contributed by atoms with Gasteiger partial charge in [-0.3, -0.25) is 9.59 Å². The lowest BCUT2D eigenvalue weighted by Gasteiger charge is -2.35. The topological polar surface area (TPSA) is 66.9 Å². The van der Waals surface area contributed by atoms with Gasteiger partial charge in [-0.15, -0.1) is 0 Å². The Labute approximate surface area is 254 Å². The number of fused-ring (bicyclic) bond motifs is 6. The van der Waals surface area contributed by atoms with Crippen LogP contribution in [-0.2, 0) is 19.1 Å². The standard InChI is InChI=1S/C38H28N2O4/c41-36-31-32(37(42)40(36)30-21-11-18-24-12-7-9-19-28(24)30)34(39-23-22-25-13-8-10-20-29(25)33(31)39)38(43)44-35(26-14-3-1-4-15-26)27-16-5-2-6-17-27/h1-23,31-35H/t31-,32-,33-,34+/m1/s1. The molecular formula is C38H28N2O4. The number of amides is 2. The molecule has 0 aliphatic carbocycles. The molecule has 214 valence electrons. The highest BCUT2D eigenvalue weighted by Crippen LogP contribution is 2.54. The maximum atomic E-state index is 14.5. The first-order chi connectivity index (χ1) is 21.6. The van der Waals surface area contributed by atoms with E-state index < -0.39 is 36.0 Å². The second kappa shape index (κ2) is 10.3. The monoisotopic (exact) mass is 576 g/mol. The predicted octanol–water partition coefficient (Wildman–Crippen LogP) is 6.69. The van der Waals surface area contributed by atoms with Gasteiger partial charge in [0.1, 0.15) is 6.04 Å². The van der Waals surface area contributed by atoms with Crippen LogP contribution in [0.1, 0.15) is 34.4 Å². The first-order valence-electron chi connectivity index (χ1n) is 14.8. The minimum absolute atomic E-state index is 0.297. The SMILES string of the molecule is O=C(OC(c1ccccc1)c1ccccc1)[C@@H]1[C@@H]2C(=O)N(c3cccc4ccccc34)C(=O)[C@H]2[C@H]2c3ccccc3C=CN12. The molecule has 0 N–H and O–H groups in total. The lowest BCUT2D eigenvalue weighted by Crippen LogP contribution is -2.45. The fraction of sp³-hybridized carbons (Fsp3) is 0.132. The molecule has 4 atom stereocenters. The Bertz CT molecular complexity index is 1910. The highest BCUT2D eigenvalue weighted by atomic mass is 16.5. The summed E-state index contributed by atoms with van der Waals surface area (Å²) < 4.78 is 6.35. The van der Waals surface area contributed by atoms with Gasteiger partial charge in [0.15, 0.2) is 6.10 Å². The Morgan fingerprint density at radius 2 is 1.27 bits per heavy atom. The van der Waals surface area contributed by atoms with Crippen molar-refractivity contribution in [3.63, 3.8) is 0 Å². The molecule has 0 saturated carbocycles. The summed E-state index contributed by atoms with van der Waals surface area (Å²) in [4.78, 5) is 46.6. The van der Waals surface area contributed by atoms with Gasteiger partial charge in [0.05, 0.1) is 23.6 Å². The van der Waals surface area contributed by atoms with Crippen LogP contribution in [-0.4, -0.2) is 28.7 Å². The largest absolute Gasteiger partial charge is 0.451 e. The average molecular weight is 577 g/mol. The normalized spacial score (nSPS) is 21.8. The average Bonchev–Trinajstić information content (AvgIpc) is 3.56. The number of ether oxygens (including phenoxy) is 1. The van der Waals surface area contributed by atoms with E-state index in [2.05, 4.69) is 0 Å². The van der Waals surface area contributed by atoms with Gasteiger partial charge in [-0.25, -0.2) is 9.69 Å². The number of imide groups is 1. The number of carbonyl (C=O) groups excluding carboxylic acids is 3. The zero-order chi connectivity index (χ0) is 29.8. The van der Waals surface area contributed by atoms with Crippen molar-refractivity contribution in [3.8, 4) is 0 Å². The van der Waals surface area contributed by atoms with Crippen molar-refractivity contribution in [1.29, 1.82) is 0 Å². The van der Waals surface area contributed by atoms with Gasteiger partial charge < -0.3 is 9.64 Å². The van der Waals surface area contributed by atoms with E-state index in [1.165, 1.54) is 4.90 Å². The molecule has 0 bridgehead atoms. The zero-order valence-corrected chi connectivity index (χ0v) is 23.7.